The number of rotatable bonds is 6. The molecule has 0 spiro atoms. The lowest BCUT2D eigenvalue weighted by Crippen LogP contribution is -2.19. The van der Waals surface area contributed by atoms with Crippen molar-refractivity contribution in [3.05, 3.63) is 76.3 Å². The summed E-state index contributed by atoms with van der Waals surface area (Å²) in [5, 5.41) is 19.5. The van der Waals surface area contributed by atoms with E-state index in [0.29, 0.717) is 5.75 Å². The third-order valence-electron chi connectivity index (χ3n) is 5.41. The molecular weight excluding hydrogens is 397 g/mol. The van der Waals surface area contributed by atoms with E-state index in [4.69, 9.17) is 27.9 Å². The fourth-order valence-corrected chi connectivity index (χ4v) is 4.53. The third kappa shape index (κ3) is 3.15. The third-order valence-corrected chi connectivity index (χ3v) is 6.33. The van der Waals surface area contributed by atoms with Gasteiger partial charge >= 0.3 is 5.97 Å². The molecule has 0 bridgehead atoms. The molecule has 28 heavy (non-hydrogen) atoms. The van der Waals surface area contributed by atoms with Gasteiger partial charge in [-0.15, -0.1) is 0 Å². The fourth-order valence-electron chi connectivity index (χ4n) is 3.72. The summed E-state index contributed by atoms with van der Waals surface area (Å²) >= 11 is 13.2. The summed E-state index contributed by atoms with van der Waals surface area (Å²) in [7, 11) is 0. The van der Waals surface area contributed by atoms with Crippen LogP contribution in [0.2, 0.25) is 0 Å². The maximum absolute atomic E-state index is 11.8. The number of allylic oxidation sites excluding steroid dienone is 1. The molecule has 0 aliphatic heterocycles. The highest BCUT2D eigenvalue weighted by atomic mass is 35.5. The minimum atomic E-state index is -1.61. The standard InChI is InChI=1S/C22H19Cl2NO3/c1-21(2)19(22(21,13-25)20(26)27)17(24)16(23)18(14-9-5-3-6-10-14)28-15-11-7-4-8-12-15/h3-12,18-19H,1-2H3,(H,26,27). The van der Waals surface area contributed by atoms with Crippen LogP contribution in [-0.2, 0) is 4.79 Å². The van der Waals surface area contributed by atoms with Crippen LogP contribution in [0.3, 0.4) is 0 Å². The number of benzene rings is 2. The lowest BCUT2D eigenvalue weighted by Gasteiger charge is -2.21. The number of carboxylic acids is 1. The van der Waals surface area contributed by atoms with Crippen LogP contribution in [0.4, 0.5) is 0 Å². The summed E-state index contributed by atoms with van der Waals surface area (Å²) in [6.07, 6.45) is -0.723. The van der Waals surface area contributed by atoms with Crippen molar-refractivity contribution in [1.82, 2.24) is 0 Å². The minimum Gasteiger partial charge on any atom is -0.480 e. The van der Waals surface area contributed by atoms with Crippen molar-refractivity contribution in [3.63, 3.8) is 0 Å². The number of carboxylic acid groups (broad SMARTS) is 1. The van der Waals surface area contributed by atoms with Crippen molar-refractivity contribution in [2.75, 3.05) is 0 Å². The number of aliphatic carboxylic acids is 1. The molecule has 0 radical (unpaired) electrons. The average molecular weight is 416 g/mol. The highest BCUT2D eigenvalue weighted by molar-refractivity contribution is 6.40. The van der Waals surface area contributed by atoms with Crippen molar-refractivity contribution in [2.45, 2.75) is 20.0 Å². The first-order valence-electron chi connectivity index (χ1n) is 8.73. The lowest BCUT2D eigenvalue weighted by molar-refractivity contribution is -0.142. The van der Waals surface area contributed by atoms with E-state index < -0.39 is 28.8 Å². The molecule has 1 aliphatic rings. The molecule has 1 N–H and O–H groups in total. The van der Waals surface area contributed by atoms with E-state index in [1.54, 1.807) is 26.0 Å². The summed E-state index contributed by atoms with van der Waals surface area (Å²) in [6, 6.07) is 20.4. The second-order valence-corrected chi connectivity index (χ2v) is 8.11. The molecule has 3 unspecified atom stereocenters. The largest absolute Gasteiger partial charge is 0.480 e. The topological polar surface area (TPSA) is 70.3 Å². The highest BCUT2D eigenvalue weighted by Gasteiger charge is 2.78. The molecule has 0 heterocycles. The Balaban J connectivity index is 2.05. The molecule has 4 nitrogen and oxygen atoms in total. The van der Waals surface area contributed by atoms with Crippen LogP contribution in [0.25, 0.3) is 0 Å². The van der Waals surface area contributed by atoms with Crippen LogP contribution < -0.4 is 4.74 Å². The number of carbonyl (C=O) groups is 1. The van der Waals surface area contributed by atoms with E-state index in [9.17, 15) is 15.2 Å². The Morgan fingerprint density at radius 3 is 2.11 bits per heavy atom. The van der Waals surface area contributed by atoms with E-state index in [1.807, 2.05) is 54.6 Å². The Hall–Kier alpha value is -2.48. The van der Waals surface area contributed by atoms with E-state index in [-0.39, 0.29) is 10.1 Å². The summed E-state index contributed by atoms with van der Waals surface area (Å²) in [5.74, 6) is -1.33. The molecular formula is C22H19Cl2NO3. The number of ether oxygens (including phenoxy) is 1. The number of hydrogen-bond acceptors (Lipinski definition) is 3. The maximum Gasteiger partial charge on any atom is 0.325 e. The molecule has 1 saturated carbocycles. The molecule has 0 aromatic heterocycles. The molecule has 144 valence electrons. The van der Waals surface area contributed by atoms with Gasteiger partial charge in [0, 0.05) is 16.4 Å². The zero-order valence-electron chi connectivity index (χ0n) is 15.4. The summed E-state index contributed by atoms with van der Waals surface area (Å²) < 4.78 is 6.09. The monoisotopic (exact) mass is 415 g/mol. The first-order valence-corrected chi connectivity index (χ1v) is 9.49. The Kier molecular flexibility index (Phi) is 5.43. The van der Waals surface area contributed by atoms with Crippen LogP contribution in [0, 0.1) is 28.1 Å². The molecule has 2 aromatic carbocycles. The zero-order valence-corrected chi connectivity index (χ0v) is 16.9. The van der Waals surface area contributed by atoms with E-state index in [1.165, 1.54) is 0 Å². The Morgan fingerprint density at radius 1 is 1.11 bits per heavy atom. The van der Waals surface area contributed by atoms with Crippen LogP contribution in [0.1, 0.15) is 25.5 Å². The quantitative estimate of drug-likeness (QED) is 0.651. The van der Waals surface area contributed by atoms with Gasteiger partial charge in [-0.05, 0) is 17.7 Å². The Morgan fingerprint density at radius 2 is 1.64 bits per heavy atom. The van der Waals surface area contributed by atoms with Gasteiger partial charge in [-0.3, -0.25) is 4.79 Å². The molecule has 3 rings (SSSR count). The van der Waals surface area contributed by atoms with E-state index in [2.05, 4.69) is 0 Å². The van der Waals surface area contributed by atoms with Crippen LogP contribution >= 0.6 is 23.2 Å². The number of para-hydroxylation sites is 1. The molecule has 0 amide bonds. The van der Waals surface area contributed by atoms with E-state index in [0.717, 1.165) is 5.56 Å². The van der Waals surface area contributed by atoms with Gasteiger partial charge < -0.3 is 9.84 Å². The van der Waals surface area contributed by atoms with Crippen molar-refractivity contribution < 1.29 is 14.6 Å². The summed E-state index contributed by atoms with van der Waals surface area (Å²) in [6.45, 7) is 3.41. The predicted octanol–water partition coefficient (Wildman–Crippen LogP) is 5.75. The first-order chi connectivity index (χ1) is 13.3. The summed E-state index contributed by atoms with van der Waals surface area (Å²) in [5.41, 5.74) is -1.69. The predicted molar refractivity (Wildman–Crippen MR) is 108 cm³/mol. The van der Waals surface area contributed by atoms with Gasteiger partial charge in [0.25, 0.3) is 0 Å². The van der Waals surface area contributed by atoms with Crippen molar-refractivity contribution in [1.29, 1.82) is 5.26 Å². The van der Waals surface area contributed by atoms with Crippen LogP contribution in [0.15, 0.2) is 70.7 Å². The van der Waals surface area contributed by atoms with Gasteiger partial charge in [0.05, 0.1) is 11.1 Å². The molecule has 3 atom stereocenters. The molecule has 1 fully saturated rings. The van der Waals surface area contributed by atoms with Crippen molar-refractivity contribution in [2.24, 2.45) is 16.7 Å². The van der Waals surface area contributed by atoms with Gasteiger partial charge in [0.2, 0.25) is 0 Å². The molecule has 1 aliphatic carbocycles. The highest BCUT2D eigenvalue weighted by Crippen LogP contribution is 2.72. The minimum absolute atomic E-state index is 0.139. The zero-order chi connectivity index (χ0) is 20.5. The average Bonchev–Trinajstić information content (AvgIpc) is 3.22. The van der Waals surface area contributed by atoms with Gasteiger partial charge in [-0.2, -0.15) is 5.26 Å². The maximum atomic E-state index is 11.8. The summed E-state index contributed by atoms with van der Waals surface area (Å²) in [4.78, 5) is 11.8. The Labute approximate surface area is 174 Å². The number of hydrogen-bond donors (Lipinski definition) is 1. The number of nitrogens with zero attached hydrogens (tertiary/aromatic N) is 1. The van der Waals surface area contributed by atoms with Gasteiger partial charge in [0.1, 0.15) is 5.75 Å². The Bertz CT molecular complexity index is 951. The van der Waals surface area contributed by atoms with Crippen molar-refractivity contribution >= 4 is 29.2 Å². The molecule has 0 saturated heterocycles. The number of halogens is 2. The van der Waals surface area contributed by atoms with Gasteiger partial charge in [-0.1, -0.05) is 85.6 Å². The number of nitriles is 1. The normalized spacial score (nSPS) is 24.5. The van der Waals surface area contributed by atoms with E-state index >= 15 is 0 Å². The molecule has 2 aromatic rings. The second-order valence-electron chi connectivity index (χ2n) is 7.30. The van der Waals surface area contributed by atoms with Crippen molar-refractivity contribution in [3.8, 4) is 11.8 Å². The second kappa shape index (κ2) is 7.50. The fraction of sp³-hybridized carbons (Fsp3) is 0.273. The van der Waals surface area contributed by atoms with Gasteiger partial charge in [0.15, 0.2) is 11.5 Å². The SMILES string of the molecule is CC1(C)C(C(Cl)=C(Cl)C(Oc2ccccc2)c2ccccc2)C1(C#N)C(=O)O. The first kappa shape index (κ1) is 20.3. The lowest BCUT2D eigenvalue weighted by atomic mass is 9.98. The smallest absolute Gasteiger partial charge is 0.325 e. The van der Waals surface area contributed by atoms with Crippen LogP contribution in [-0.4, -0.2) is 11.1 Å². The van der Waals surface area contributed by atoms with Crippen LogP contribution in [0.5, 0.6) is 5.75 Å². The molecule has 6 heteroatoms. The van der Waals surface area contributed by atoms with Gasteiger partial charge in [-0.25, -0.2) is 0 Å².